The molecule has 2 unspecified atom stereocenters. The summed E-state index contributed by atoms with van der Waals surface area (Å²) in [6.45, 7) is 3.24. The lowest BCUT2D eigenvalue weighted by atomic mass is 10.3. The smallest absolute Gasteiger partial charge is 0.323 e. The molecule has 1 fully saturated rings. The number of carboxylic acids is 1. The number of aliphatic carboxylic acids is 1. The molecule has 17 heavy (non-hydrogen) atoms. The van der Waals surface area contributed by atoms with Gasteiger partial charge < -0.3 is 14.7 Å². The summed E-state index contributed by atoms with van der Waals surface area (Å²) in [5, 5.41) is 7.18. The van der Waals surface area contributed by atoms with Gasteiger partial charge in [0.25, 0.3) is 0 Å². The van der Waals surface area contributed by atoms with Gasteiger partial charge in [-0.2, -0.15) is 0 Å². The zero-order chi connectivity index (χ0) is 13.1. The van der Waals surface area contributed by atoms with Gasteiger partial charge in [0.2, 0.25) is 10.0 Å². The monoisotopic (exact) mass is 266 g/mol. The number of rotatable bonds is 5. The Kier molecular flexibility index (Phi) is 4.87. The van der Waals surface area contributed by atoms with Gasteiger partial charge in [-0.15, -0.1) is 0 Å². The topological polar surface area (TPSA) is 95.9 Å². The molecule has 1 saturated heterocycles. The number of hydrogen-bond donors (Lipinski definition) is 2. The lowest BCUT2D eigenvalue weighted by Gasteiger charge is -2.30. The Morgan fingerprint density at radius 1 is 1.65 bits per heavy atom. The first kappa shape index (κ1) is 14.4. The van der Waals surface area contributed by atoms with Crippen molar-refractivity contribution in [3.8, 4) is 0 Å². The second-order valence-electron chi connectivity index (χ2n) is 4.13. The molecule has 0 amide bonds. The van der Waals surface area contributed by atoms with Crippen molar-refractivity contribution in [2.75, 3.05) is 33.3 Å². The number of morpholine rings is 1. The van der Waals surface area contributed by atoms with Gasteiger partial charge in [-0.25, -0.2) is 13.1 Å². The molecule has 100 valence electrons. The Labute approximate surface area is 101 Å². The van der Waals surface area contributed by atoms with E-state index in [0.717, 1.165) is 13.5 Å². The SMILES string of the molecule is CC(C(=O)O)S(=O)(=O)NCC1CN(C)CCO1. The van der Waals surface area contributed by atoms with Crippen molar-refractivity contribution < 1.29 is 23.1 Å². The van der Waals surface area contributed by atoms with Crippen LogP contribution in [-0.4, -0.2) is 69.0 Å². The lowest BCUT2D eigenvalue weighted by Crippen LogP contribution is -2.48. The Morgan fingerprint density at radius 3 is 2.82 bits per heavy atom. The predicted molar refractivity (Wildman–Crippen MR) is 61.3 cm³/mol. The molecule has 0 aromatic carbocycles. The molecular weight excluding hydrogens is 248 g/mol. The van der Waals surface area contributed by atoms with Crippen LogP contribution < -0.4 is 4.72 Å². The van der Waals surface area contributed by atoms with Crippen LogP contribution in [0.15, 0.2) is 0 Å². The maximum atomic E-state index is 11.5. The molecule has 0 aliphatic carbocycles. The van der Waals surface area contributed by atoms with Crippen LogP contribution in [0.25, 0.3) is 0 Å². The highest BCUT2D eigenvalue weighted by Crippen LogP contribution is 2.04. The maximum Gasteiger partial charge on any atom is 0.323 e. The Morgan fingerprint density at radius 2 is 2.29 bits per heavy atom. The first-order valence-corrected chi connectivity index (χ1v) is 6.89. The summed E-state index contributed by atoms with van der Waals surface area (Å²) in [5.74, 6) is -1.36. The van der Waals surface area contributed by atoms with Crippen molar-refractivity contribution >= 4 is 16.0 Å². The molecule has 0 radical (unpaired) electrons. The van der Waals surface area contributed by atoms with E-state index in [1.54, 1.807) is 0 Å². The van der Waals surface area contributed by atoms with E-state index >= 15 is 0 Å². The first-order valence-electron chi connectivity index (χ1n) is 5.34. The van der Waals surface area contributed by atoms with Crippen molar-refractivity contribution in [2.45, 2.75) is 18.3 Å². The summed E-state index contributed by atoms with van der Waals surface area (Å²) in [7, 11) is -1.90. The third-order valence-corrected chi connectivity index (χ3v) is 4.37. The van der Waals surface area contributed by atoms with Gasteiger partial charge in [0.15, 0.2) is 5.25 Å². The molecule has 0 spiro atoms. The summed E-state index contributed by atoms with van der Waals surface area (Å²) in [4.78, 5) is 12.6. The van der Waals surface area contributed by atoms with E-state index in [9.17, 15) is 13.2 Å². The summed E-state index contributed by atoms with van der Waals surface area (Å²) in [6, 6.07) is 0. The van der Waals surface area contributed by atoms with E-state index in [1.807, 2.05) is 11.9 Å². The zero-order valence-electron chi connectivity index (χ0n) is 9.92. The number of ether oxygens (including phenoxy) is 1. The number of sulfonamides is 1. The molecule has 8 heteroatoms. The molecule has 1 aliphatic rings. The molecule has 1 aliphatic heterocycles. The summed E-state index contributed by atoms with van der Waals surface area (Å²) in [5.41, 5.74) is 0. The number of hydrogen-bond acceptors (Lipinski definition) is 5. The number of likely N-dealkylation sites (N-methyl/N-ethyl adjacent to an activating group) is 1. The van der Waals surface area contributed by atoms with Gasteiger partial charge in [-0.05, 0) is 14.0 Å². The molecule has 2 N–H and O–H groups in total. The van der Waals surface area contributed by atoms with E-state index in [2.05, 4.69) is 4.72 Å². The quantitative estimate of drug-likeness (QED) is 0.643. The fraction of sp³-hybridized carbons (Fsp3) is 0.889. The fourth-order valence-corrected chi connectivity index (χ4v) is 2.39. The van der Waals surface area contributed by atoms with Gasteiger partial charge >= 0.3 is 5.97 Å². The highest BCUT2D eigenvalue weighted by Gasteiger charge is 2.28. The molecule has 0 aromatic rings. The summed E-state index contributed by atoms with van der Waals surface area (Å²) >= 11 is 0. The van der Waals surface area contributed by atoms with E-state index in [0.29, 0.717) is 13.2 Å². The molecule has 0 bridgehead atoms. The van der Waals surface area contributed by atoms with Crippen LogP contribution in [0.2, 0.25) is 0 Å². The van der Waals surface area contributed by atoms with Crippen LogP contribution in [0.3, 0.4) is 0 Å². The van der Waals surface area contributed by atoms with Crippen molar-refractivity contribution in [1.29, 1.82) is 0 Å². The Hall–Kier alpha value is -0.700. The molecule has 1 heterocycles. The largest absolute Gasteiger partial charge is 0.480 e. The third kappa shape index (κ3) is 4.23. The molecule has 0 saturated carbocycles. The number of carbonyl (C=O) groups is 1. The molecule has 0 aromatic heterocycles. The van der Waals surface area contributed by atoms with Gasteiger partial charge in [0.1, 0.15) is 0 Å². The Bertz CT molecular complexity index is 370. The summed E-state index contributed by atoms with van der Waals surface area (Å²) in [6.07, 6.45) is -0.232. The second-order valence-corrected chi connectivity index (χ2v) is 6.21. The average molecular weight is 266 g/mol. The molecular formula is C9H18N2O5S. The highest BCUT2D eigenvalue weighted by molar-refractivity contribution is 7.90. The van der Waals surface area contributed by atoms with E-state index in [-0.39, 0.29) is 12.6 Å². The lowest BCUT2D eigenvalue weighted by molar-refractivity contribution is -0.136. The Balaban J connectivity index is 2.47. The van der Waals surface area contributed by atoms with Gasteiger partial charge in [0, 0.05) is 19.6 Å². The minimum atomic E-state index is -3.82. The van der Waals surface area contributed by atoms with E-state index in [4.69, 9.17) is 9.84 Å². The minimum absolute atomic E-state index is 0.101. The normalized spacial score (nSPS) is 24.5. The van der Waals surface area contributed by atoms with E-state index < -0.39 is 21.2 Å². The van der Waals surface area contributed by atoms with Crippen molar-refractivity contribution in [2.24, 2.45) is 0 Å². The molecule has 2 atom stereocenters. The van der Waals surface area contributed by atoms with Gasteiger partial charge in [-0.3, -0.25) is 4.79 Å². The zero-order valence-corrected chi connectivity index (χ0v) is 10.7. The number of nitrogens with one attached hydrogen (secondary N) is 1. The van der Waals surface area contributed by atoms with Crippen LogP contribution in [0.4, 0.5) is 0 Å². The molecule has 1 rings (SSSR count). The van der Waals surface area contributed by atoms with Crippen LogP contribution in [-0.2, 0) is 19.6 Å². The van der Waals surface area contributed by atoms with Crippen molar-refractivity contribution in [3.05, 3.63) is 0 Å². The van der Waals surface area contributed by atoms with Gasteiger partial charge in [-0.1, -0.05) is 0 Å². The highest BCUT2D eigenvalue weighted by atomic mass is 32.2. The van der Waals surface area contributed by atoms with Gasteiger partial charge in [0.05, 0.1) is 12.7 Å². The van der Waals surface area contributed by atoms with Crippen molar-refractivity contribution in [1.82, 2.24) is 9.62 Å². The number of carboxylic acid groups (broad SMARTS) is 1. The first-order chi connectivity index (χ1) is 7.83. The maximum absolute atomic E-state index is 11.5. The van der Waals surface area contributed by atoms with Crippen molar-refractivity contribution in [3.63, 3.8) is 0 Å². The van der Waals surface area contributed by atoms with Crippen LogP contribution in [0.5, 0.6) is 0 Å². The standard InChI is InChI=1S/C9H18N2O5S/c1-7(9(12)13)17(14,15)10-5-8-6-11(2)3-4-16-8/h7-8,10H,3-6H2,1-2H3,(H,12,13). The van der Waals surface area contributed by atoms with Crippen LogP contribution in [0, 0.1) is 0 Å². The fourth-order valence-electron chi connectivity index (χ4n) is 1.46. The second kappa shape index (κ2) is 5.76. The molecule has 7 nitrogen and oxygen atoms in total. The summed E-state index contributed by atoms with van der Waals surface area (Å²) < 4.78 is 30.7. The number of nitrogens with zero attached hydrogens (tertiary/aromatic N) is 1. The average Bonchev–Trinajstić information content (AvgIpc) is 2.25. The minimum Gasteiger partial charge on any atom is -0.480 e. The predicted octanol–water partition coefficient (Wildman–Crippen LogP) is -1.29. The van der Waals surface area contributed by atoms with Crippen LogP contribution >= 0.6 is 0 Å². The third-order valence-electron chi connectivity index (χ3n) is 2.67. The van der Waals surface area contributed by atoms with E-state index in [1.165, 1.54) is 0 Å². The van der Waals surface area contributed by atoms with Crippen LogP contribution in [0.1, 0.15) is 6.92 Å².